The topological polar surface area (TPSA) is 57.4 Å². The molecule has 5 nitrogen and oxygen atoms in total. The van der Waals surface area contributed by atoms with Gasteiger partial charge < -0.3 is 14.0 Å². The first-order chi connectivity index (χ1) is 10.3. The number of aromatic nitrogens is 2. The molecule has 0 N–H and O–H groups in total. The van der Waals surface area contributed by atoms with Gasteiger partial charge >= 0.3 is 0 Å². The predicted molar refractivity (Wildman–Crippen MR) is 82.1 cm³/mol. The van der Waals surface area contributed by atoms with Crippen LogP contribution in [0.15, 0.2) is 33.7 Å². The Labute approximate surface area is 129 Å². The van der Waals surface area contributed by atoms with Crippen LogP contribution in [0, 0.1) is 0 Å². The molecule has 0 amide bonds. The summed E-state index contributed by atoms with van der Waals surface area (Å²) in [5, 5.41) is 3.99. The Balaban J connectivity index is 2.14. The van der Waals surface area contributed by atoms with Crippen LogP contribution in [0.25, 0.3) is 11.4 Å². The summed E-state index contributed by atoms with van der Waals surface area (Å²) in [4.78, 5) is 5.59. The zero-order valence-corrected chi connectivity index (χ0v) is 13.4. The number of benzene rings is 1. The van der Waals surface area contributed by atoms with E-state index < -0.39 is 6.29 Å². The Morgan fingerprint density at radius 1 is 1.10 bits per heavy atom. The molecule has 114 valence electrons. The fraction of sp³-hybridized carbons (Fsp3) is 0.467. The van der Waals surface area contributed by atoms with Crippen LogP contribution in [-0.2, 0) is 9.47 Å². The molecule has 2 rings (SSSR count). The van der Waals surface area contributed by atoms with Crippen molar-refractivity contribution in [2.75, 3.05) is 19.0 Å². The van der Waals surface area contributed by atoms with Gasteiger partial charge in [0.2, 0.25) is 12.1 Å². The van der Waals surface area contributed by atoms with Gasteiger partial charge in [-0.2, -0.15) is 4.98 Å². The highest BCUT2D eigenvalue weighted by Crippen LogP contribution is 2.24. The van der Waals surface area contributed by atoms with Gasteiger partial charge in [-0.15, -0.1) is 11.8 Å². The third kappa shape index (κ3) is 4.30. The van der Waals surface area contributed by atoms with Gasteiger partial charge in [-0.05, 0) is 43.9 Å². The molecule has 0 saturated carbocycles. The standard InChI is InChI=1S/C15H20N2O3S/c1-4-18-15(19-5-2)14-16-13(17-20-14)11-7-9-12(10-8-11)21-6-3/h7-10,15H,4-6H2,1-3H3. The number of rotatable bonds is 8. The molecule has 2 aromatic rings. The molecule has 1 aromatic heterocycles. The van der Waals surface area contributed by atoms with Crippen LogP contribution in [0.3, 0.4) is 0 Å². The second-order valence-corrected chi connectivity index (χ2v) is 5.49. The quantitative estimate of drug-likeness (QED) is 0.544. The lowest BCUT2D eigenvalue weighted by Gasteiger charge is -2.11. The molecule has 21 heavy (non-hydrogen) atoms. The van der Waals surface area contributed by atoms with Crippen LogP contribution in [0.2, 0.25) is 0 Å². The van der Waals surface area contributed by atoms with Gasteiger partial charge in [0.25, 0.3) is 5.89 Å². The Kier molecular flexibility index (Phi) is 6.22. The summed E-state index contributed by atoms with van der Waals surface area (Å²) < 4.78 is 16.1. The van der Waals surface area contributed by atoms with Crippen molar-refractivity contribution in [1.82, 2.24) is 10.1 Å². The van der Waals surface area contributed by atoms with E-state index in [1.54, 1.807) is 11.8 Å². The van der Waals surface area contributed by atoms with Crippen LogP contribution in [0.4, 0.5) is 0 Å². The third-order valence-electron chi connectivity index (χ3n) is 2.70. The van der Waals surface area contributed by atoms with Gasteiger partial charge in [0, 0.05) is 23.7 Å². The van der Waals surface area contributed by atoms with E-state index >= 15 is 0 Å². The number of hydrogen-bond acceptors (Lipinski definition) is 6. The molecule has 0 saturated heterocycles. The van der Waals surface area contributed by atoms with E-state index in [1.807, 2.05) is 26.0 Å². The van der Waals surface area contributed by atoms with E-state index in [0.29, 0.717) is 24.9 Å². The molecule has 0 fully saturated rings. The fourth-order valence-corrected chi connectivity index (χ4v) is 2.47. The zero-order valence-electron chi connectivity index (χ0n) is 12.5. The summed E-state index contributed by atoms with van der Waals surface area (Å²) in [6.07, 6.45) is -0.601. The first-order valence-corrected chi connectivity index (χ1v) is 8.07. The highest BCUT2D eigenvalue weighted by molar-refractivity contribution is 7.99. The molecule has 0 unspecified atom stereocenters. The summed E-state index contributed by atoms with van der Waals surface area (Å²) in [5.74, 6) is 1.94. The highest BCUT2D eigenvalue weighted by atomic mass is 32.2. The van der Waals surface area contributed by atoms with Crippen LogP contribution < -0.4 is 0 Å². The summed E-state index contributed by atoms with van der Waals surface area (Å²) in [5.41, 5.74) is 0.914. The van der Waals surface area contributed by atoms with Crippen LogP contribution in [0.1, 0.15) is 33.0 Å². The first-order valence-electron chi connectivity index (χ1n) is 7.08. The SMILES string of the molecule is CCOC(OCC)c1nc(-c2ccc(SCC)cc2)no1. The van der Waals surface area contributed by atoms with E-state index in [4.69, 9.17) is 14.0 Å². The van der Waals surface area contributed by atoms with Gasteiger partial charge in [0.15, 0.2) is 0 Å². The maximum absolute atomic E-state index is 5.45. The van der Waals surface area contributed by atoms with Crippen molar-refractivity contribution in [3.8, 4) is 11.4 Å². The van der Waals surface area contributed by atoms with Crippen LogP contribution >= 0.6 is 11.8 Å². The van der Waals surface area contributed by atoms with Crippen molar-refractivity contribution >= 4 is 11.8 Å². The van der Waals surface area contributed by atoms with Gasteiger partial charge in [0.05, 0.1) is 0 Å². The normalized spacial score (nSPS) is 11.2. The first kappa shape index (κ1) is 16.0. The van der Waals surface area contributed by atoms with Gasteiger partial charge in [-0.25, -0.2) is 0 Å². The minimum absolute atomic E-state index is 0.348. The zero-order chi connectivity index (χ0) is 15.1. The molecule has 6 heteroatoms. The van der Waals surface area contributed by atoms with Crippen LogP contribution in [-0.4, -0.2) is 29.1 Å². The average molecular weight is 308 g/mol. The second-order valence-electron chi connectivity index (χ2n) is 4.16. The maximum atomic E-state index is 5.45. The van der Waals surface area contributed by atoms with Crippen molar-refractivity contribution in [1.29, 1.82) is 0 Å². The monoisotopic (exact) mass is 308 g/mol. The molecule has 0 spiro atoms. The van der Waals surface area contributed by atoms with E-state index in [0.717, 1.165) is 11.3 Å². The number of hydrogen-bond donors (Lipinski definition) is 0. The molecule has 0 aliphatic carbocycles. The lowest BCUT2D eigenvalue weighted by Crippen LogP contribution is -2.09. The van der Waals surface area contributed by atoms with Crippen molar-refractivity contribution < 1.29 is 14.0 Å². The van der Waals surface area contributed by atoms with E-state index in [2.05, 4.69) is 29.2 Å². The van der Waals surface area contributed by atoms with Crippen molar-refractivity contribution in [2.24, 2.45) is 0 Å². The molecule has 0 radical (unpaired) electrons. The Morgan fingerprint density at radius 2 is 1.76 bits per heavy atom. The average Bonchev–Trinajstić information content (AvgIpc) is 2.98. The minimum atomic E-state index is -0.601. The Bertz CT molecular complexity index is 536. The van der Waals surface area contributed by atoms with Gasteiger partial charge in [-0.3, -0.25) is 0 Å². The molecular formula is C15H20N2O3S. The summed E-state index contributed by atoms with van der Waals surface area (Å²) in [7, 11) is 0. The summed E-state index contributed by atoms with van der Waals surface area (Å²) in [6.45, 7) is 6.96. The van der Waals surface area contributed by atoms with Crippen molar-refractivity contribution in [3.05, 3.63) is 30.2 Å². The van der Waals surface area contributed by atoms with Gasteiger partial charge in [0.1, 0.15) is 0 Å². The largest absolute Gasteiger partial charge is 0.345 e. The summed E-state index contributed by atoms with van der Waals surface area (Å²) >= 11 is 1.80. The van der Waals surface area contributed by atoms with E-state index in [1.165, 1.54) is 4.90 Å². The summed E-state index contributed by atoms with van der Waals surface area (Å²) in [6, 6.07) is 8.09. The predicted octanol–water partition coefficient (Wildman–Crippen LogP) is 3.92. The second kappa shape index (κ2) is 8.17. The number of thioether (sulfide) groups is 1. The molecule has 0 bridgehead atoms. The Hall–Kier alpha value is -1.37. The molecule has 0 aliphatic rings. The third-order valence-corrected chi connectivity index (χ3v) is 3.60. The van der Waals surface area contributed by atoms with E-state index in [9.17, 15) is 0 Å². The van der Waals surface area contributed by atoms with Crippen LogP contribution in [0.5, 0.6) is 0 Å². The van der Waals surface area contributed by atoms with Crippen molar-refractivity contribution in [2.45, 2.75) is 32.0 Å². The molecule has 1 aromatic carbocycles. The van der Waals surface area contributed by atoms with Gasteiger partial charge in [-0.1, -0.05) is 12.1 Å². The molecule has 0 aliphatic heterocycles. The highest BCUT2D eigenvalue weighted by Gasteiger charge is 2.20. The lowest BCUT2D eigenvalue weighted by molar-refractivity contribution is -0.155. The smallest absolute Gasteiger partial charge is 0.283 e. The Morgan fingerprint density at radius 3 is 2.33 bits per heavy atom. The molecule has 0 atom stereocenters. The maximum Gasteiger partial charge on any atom is 0.283 e. The van der Waals surface area contributed by atoms with E-state index in [-0.39, 0.29) is 0 Å². The minimum Gasteiger partial charge on any atom is -0.345 e. The van der Waals surface area contributed by atoms with Crippen molar-refractivity contribution in [3.63, 3.8) is 0 Å². The number of nitrogens with zero attached hydrogens (tertiary/aromatic N) is 2. The molecular weight excluding hydrogens is 288 g/mol. The lowest BCUT2D eigenvalue weighted by atomic mass is 10.2. The number of ether oxygens (including phenoxy) is 2. The fourth-order valence-electron chi connectivity index (χ4n) is 1.81. The molecule has 1 heterocycles.